The van der Waals surface area contributed by atoms with Crippen LogP contribution in [0, 0.1) is 5.41 Å². The molecule has 15 heavy (non-hydrogen) atoms. The van der Waals surface area contributed by atoms with Gasteiger partial charge in [0.1, 0.15) is 0 Å². The fourth-order valence-electron chi connectivity index (χ4n) is 1.82. The van der Waals surface area contributed by atoms with Crippen molar-refractivity contribution in [2.45, 2.75) is 40.2 Å². The fourth-order valence-corrected chi connectivity index (χ4v) is 1.82. The van der Waals surface area contributed by atoms with Crippen LogP contribution in [-0.4, -0.2) is 4.98 Å². The first-order chi connectivity index (χ1) is 7.00. The lowest BCUT2D eigenvalue weighted by Gasteiger charge is -2.31. The summed E-state index contributed by atoms with van der Waals surface area (Å²) >= 11 is 0. The highest BCUT2D eigenvalue weighted by Crippen LogP contribution is 2.33. The van der Waals surface area contributed by atoms with Gasteiger partial charge in [-0.25, -0.2) is 0 Å². The summed E-state index contributed by atoms with van der Waals surface area (Å²) in [6.07, 6.45) is 4.73. The van der Waals surface area contributed by atoms with Crippen molar-refractivity contribution in [1.29, 1.82) is 0 Å². The molecule has 0 fully saturated rings. The van der Waals surface area contributed by atoms with E-state index in [4.69, 9.17) is 5.84 Å². The average molecular weight is 207 g/mol. The van der Waals surface area contributed by atoms with Crippen LogP contribution in [0.2, 0.25) is 0 Å². The Labute approximate surface area is 92.1 Å². The summed E-state index contributed by atoms with van der Waals surface area (Å²) in [6.45, 7) is 8.67. The number of nitrogens with one attached hydrogen (secondary N) is 1. The summed E-state index contributed by atoms with van der Waals surface area (Å²) in [5, 5.41) is 0. The van der Waals surface area contributed by atoms with Gasteiger partial charge >= 0.3 is 0 Å². The second-order valence-corrected chi connectivity index (χ2v) is 4.89. The predicted molar refractivity (Wildman–Crippen MR) is 63.1 cm³/mol. The number of aryl methyl sites for hydroxylation is 1. The van der Waals surface area contributed by atoms with Crippen molar-refractivity contribution in [3.8, 4) is 0 Å². The third-order valence-electron chi connectivity index (χ3n) is 2.67. The molecule has 0 aromatic carbocycles. The Morgan fingerprint density at radius 3 is 2.60 bits per heavy atom. The van der Waals surface area contributed by atoms with E-state index >= 15 is 0 Å². The van der Waals surface area contributed by atoms with Crippen molar-refractivity contribution in [1.82, 2.24) is 10.4 Å². The van der Waals surface area contributed by atoms with Gasteiger partial charge in [-0.3, -0.25) is 16.3 Å². The Balaban J connectivity index is 3.12. The minimum absolute atomic E-state index is 0.0972. The monoisotopic (exact) mass is 207 g/mol. The molecular weight excluding hydrogens is 186 g/mol. The van der Waals surface area contributed by atoms with Crippen LogP contribution in [0.1, 0.15) is 44.9 Å². The van der Waals surface area contributed by atoms with Gasteiger partial charge in [0.15, 0.2) is 0 Å². The molecule has 0 saturated carbocycles. The smallest absolute Gasteiger partial charge is 0.0512 e. The first-order valence-corrected chi connectivity index (χ1v) is 5.39. The van der Waals surface area contributed by atoms with Gasteiger partial charge in [-0.1, -0.05) is 27.7 Å². The van der Waals surface area contributed by atoms with Crippen LogP contribution < -0.4 is 11.3 Å². The SMILES string of the molecule is CCc1cnccc1C(NN)C(C)(C)C. The van der Waals surface area contributed by atoms with E-state index in [2.05, 4.69) is 44.2 Å². The molecule has 1 aromatic heterocycles. The number of hydrogen-bond donors (Lipinski definition) is 2. The van der Waals surface area contributed by atoms with Gasteiger partial charge in [0.2, 0.25) is 0 Å². The van der Waals surface area contributed by atoms with Crippen LogP contribution in [0.15, 0.2) is 18.5 Å². The molecule has 3 N–H and O–H groups in total. The van der Waals surface area contributed by atoms with E-state index in [0.29, 0.717) is 0 Å². The molecule has 84 valence electrons. The molecule has 0 amide bonds. The van der Waals surface area contributed by atoms with Crippen molar-refractivity contribution in [2.75, 3.05) is 0 Å². The zero-order valence-electron chi connectivity index (χ0n) is 10.0. The maximum absolute atomic E-state index is 5.64. The number of nitrogens with zero attached hydrogens (tertiary/aromatic N) is 1. The zero-order chi connectivity index (χ0) is 11.5. The molecule has 1 rings (SSSR count). The lowest BCUT2D eigenvalue weighted by Crippen LogP contribution is -2.37. The highest BCUT2D eigenvalue weighted by Gasteiger charge is 2.26. The largest absolute Gasteiger partial charge is 0.271 e. The highest BCUT2D eigenvalue weighted by molar-refractivity contribution is 5.28. The Morgan fingerprint density at radius 1 is 1.47 bits per heavy atom. The van der Waals surface area contributed by atoms with Gasteiger partial charge in [-0.15, -0.1) is 0 Å². The number of hydrazine groups is 1. The second kappa shape index (κ2) is 4.73. The molecule has 3 heteroatoms. The second-order valence-electron chi connectivity index (χ2n) is 4.89. The molecule has 0 aliphatic heterocycles. The summed E-state index contributed by atoms with van der Waals surface area (Å²) in [6, 6.07) is 2.21. The topological polar surface area (TPSA) is 50.9 Å². The fraction of sp³-hybridized carbons (Fsp3) is 0.583. The van der Waals surface area contributed by atoms with Gasteiger partial charge in [0, 0.05) is 12.4 Å². The maximum atomic E-state index is 5.64. The molecule has 0 saturated heterocycles. The third kappa shape index (κ3) is 2.76. The van der Waals surface area contributed by atoms with Gasteiger partial charge in [0.25, 0.3) is 0 Å². The molecule has 1 unspecified atom stereocenters. The Hall–Kier alpha value is -0.930. The molecular formula is C12H21N3. The number of pyridine rings is 1. The highest BCUT2D eigenvalue weighted by atomic mass is 15.2. The lowest BCUT2D eigenvalue weighted by molar-refractivity contribution is 0.274. The summed E-state index contributed by atoms with van der Waals surface area (Å²) in [7, 11) is 0. The summed E-state index contributed by atoms with van der Waals surface area (Å²) in [5.74, 6) is 5.64. The summed E-state index contributed by atoms with van der Waals surface area (Å²) in [4.78, 5) is 4.15. The van der Waals surface area contributed by atoms with E-state index in [0.717, 1.165) is 6.42 Å². The quantitative estimate of drug-likeness (QED) is 0.590. The van der Waals surface area contributed by atoms with Crippen molar-refractivity contribution in [2.24, 2.45) is 11.3 Å². The molecule has 1 heterocycles. The summed E-state index contributed by atoms with van der Waals surface area (Å²) < 4.78 is 0. The molecule has 0 radical (unpaired) electrons. The van der Waals surface area contributed by atoms with Crippen LogP contribution in [0.25, 0.3) is 0 Å². The zero-order valence-corrected chi connectivity index (χ0v) is 10.0. The number of rotatable bonds is 3. The molecule has 0 spiro atoms. The first kappa shape index (κ1) is 12.1. The molecule has 0 bridgehead atoms. The lowest BCUT2D eigenvalue weighted by atomic mass is 9.81. The van der Waals surface area contributed by atoms with Gasteiger partial charge < -0.3 is 0 Å². The third-order valence-corrected chi connectivity index (χ3v) is 2.67. The molecule has 1 atom stereocenters. The molecule has 0 aliphatic rings. The van der Waals surface area contributed by atoms with E-state index in [1.54, 1.807) is 0 Å². The van der Waals surface area contributed by atoms with Crippen LogP contribution in [-0.2, 0) is 6.42 Å². The Morgan fingerprint density at radius 2 is 2.13 bits per heavy atom. The van der Waals surface area contributed by atoms with E-state index in [1.165, 1.54) is 11.1 Å². The van der Waals surface area contributed by atoms with Crippen LogP contribution in [0.3, 0.4) is 0 Å². The summed E-state index contributed by atoms with van der Waals surface area (Å²) in [5.41, 5.74) is 5.51. The van der Waals surface area contributed by atoms with Gasteiger partial charge in [-0.05, 0) is 29.0 Å². The van der Waals surface area contributed by atoms with Crippen LogP contribution in [0.4, 0.5) is 0 Å². The number of hydrogen-bond acceptors (Lipinski definition) is 3. The molecule has 0 aliphatic carbocycles. The van der Waals surface area contributed by atoms with Gasteiger partial charge in [0.05, 0.1) is 6.04 Å². The van der Waals surface area contributed by atoms with Gasteiger partial charge in [-0.2, -0.15) is 0 Å². The minimum Gasteiger partial charge on any atom is -0.271 e. The molecule has 3 nitrogen and oxygen atoms in total. The van der Waals surface area contributed by atoms with E-state index in [1.807, 2.05) is 12.4 Å². The van der Waals surface area contributed by atoms with E-state index < -0.39 is 0 Å². The first-order valence-electron chi connectivity index (χ1n) is 5.39. The normalized spacial score (nSPS) is 13.9. The molecule has 1 aromatic rings. The van der Waals surface area contributed by atoms with Crippen molar-refractivity contribution in [3.63, 3.8) is 0 Å². The van der Waals surface area contributed by atoms with E-state index in [9.17, 15) is 0 Å². The van der Waals surface area contributed by atoms with Crippen molar-refractivity contribution < 1.29 is 0 Å². The predicted octanol–water partition coefficient (Wildman–Crippen LogP) is 2.19. The number of nitrogens with two attached hydrogens (primary N) is 1. The Bertz CT molecular complexity index is 315. The standard InChI is InChI=1S/C12H21N3/c1-5-9-8-14-7-6-10(9)11(15-13)12(2,3)4/h6-8,11,15H,5,13H2,1-4H3. The maximum Gasteiger partial charge on any atom is 0.0512 e. The number of aromatic nitrogens is 1. The van der Waals surface area contributed by atoms with Crippen molar-refractivity contribution in [3.05, 3.63) is 29.6 Å². The van der Waals surface area contributed by atoms with Crippen LogP contribution >= 0.6 is 0 Å². The minimum atomic E-state index is 0.0972. The average Bonchev–Trinajstić information content (AvgIpc) is 2.17. The van der Waals surface area contributed by atoms with Crippen molar-refractivity contribution >= 4 is 0 Å². The van der Waals surface area contributed by atoms with Crippen LogP contribution in [0.5, 0.6) is 0 Å². The Kier molecular flexibility index (Phi) is 3.83. The van der Waals surface area contributed by atoms with E-state index in [-0.39, 0.29) is 11.5 Å².